The van der Waals surface area contributed by atoms with E-state index in [-0.39, 0.29) is 11.7 Å². The Balaban J connectivity index is 2.58. The maximum atomic E-state index is 12.6. The van der Waals surface area contributed by atoms with Gasteiger partial charge in [0.2, 0.25) is 5.91 Å². The molecular weight excluding hydrogens is 237 g/mol. The SMILES string of the molecule is O=C(CCBr)Nc1cccc(F)c1. The van der Waals surface area contributed by atoms with Gasteiger partial charge in [0.05, 0.1) is 0 Å². The lowest BCUT2D eigenvalue weighted by molar-refractivity contribution is -0.115. The van der Waals surface area contributed by atoms with Gasteiger partial charge in [-0.25, -0.2) is 4.39 Å². The van der Waals surface area contributed by atoms with E-state index in [1.807, 2.05) is 0 Å². The van der Waals surface area contributed by atoms with Crippen LogP contribution in [0.15, 0.2) is 24.3 Å². The van der Waals surface area contributed by atoms with E-state index in [0.717, 1.165) is 0 Å². The molecule has 0 saturated carbocycles. The number of benzene rings is 1. The van der Waals surface area contributed by atoms with Crippen molar-refractivity contribution in [1.29, 1.82) is 0 Å². The van der Waals surface area contributed by atoms with E-state index in [9.17, 15) is 9.18 Å². The fourth-order valence-corrected chi connectivity index (χ4v) is 1.24. The van der Waals surface area contributed by atoms with E-state index in [1.54, 1.807) is 12.1 Å². The molecule has 1 amide bonds. The van der Waals surface area contributed by atoms with Crippen LogP contribution < -0.4 is 5.32 Å². The van der Waals surface area contributed by atoms with Crippen molar-refractivity contribution in [1.82, 2.24) is 0 Å². The lowest BCUT2D eigenvalue weighted by atomic mass is 10.3. The van der Waals surface area contributed by atoms with Gasteiger partial charge in [0.25, 0.3) is 0 Å². The molecule has 0 atom stereocenters. The van der Waals surface area contributed by atoms with Gasteiger partial charge in [-0.15, -0.1) is 0 Å². The molecule has 0 fully saturated rings. The first kappa shape index (κ1) is 10.2. The Bertz CT molecular complexity index is 303. The third-order valence-corrected chi connectivity index (χ3v) is 1.83. The molecule has 0 unspecified atom stereocenters. The number of hydrogen-bond donors (Lipinski definition) is 1. The van der Waals surface area contributed by atoms with Crippen molar-refractivity contribution in [3.63, 3.8) is 0 Å². The van der Waals surface area contributed by atoms with E-state index in [1.165, 1.54) is 12.1 Å². The standard InChI is InChI=1S/C9H9BrFNO/c10-5-4-9(13)12-8-3-1-2-7(11)6-8/h1-3,6H,4-5H2,(H,12,13). The first-order valence-electron chi connectivity index (χ1n) is 3.84. The van der Waals surface area contributed by atoms with Gasteiger partial charge in [0, 0.05) is 17.4 Å². The Labute approximate surface area is 84.3 Å². The van der Waals surface area contributed by atoms with E-state index >= 15 is 0 Å². The first-order valence-corrected chi connectivity index (χ1v) is 4.96. The second-order valence-electron chi connectivity index (χ2n) is 2.50. The molecule has 0 aliphatic rings. The molecule has 0 aliphatic heterocycles. The van der Waals surface area contributed by atoms with Crippen LogP contribution in [0.3, 0.4) is 0 Å². The van der Waals surface area contributed by atoms with Crippen LogP contribution in [-0.4, -0.2) is 11.2 Å². The third-order valence-electron chi connectivity index (χ3n) is 1.43. The van der Waals surface area contributed by atoms with Gasteiger partial charge >= 0.3 is 0 Å². The van der Waals surface area contributed by atoms with Gasteiger partial charge in [-0.05, 0) is 18.2 Å². The minimum Gasteiger partial charge on any atom is -0.326 e. The van der Waals surface area contributed by atoms with E-state index in [4.69, 9.17) is 0 Å². The molecule has 1 rings (SSSR count). The highest BCUT2D eigenvalue weighted by Gasteiger charge is 2.00. The summed E-state index contributed by atoms with van der Waals surface area (Å²) in [6.45, 7) is 0. The number of carbonyl (C=O) groups is 1. The summed E-state index contributed by atoms with van der Waals surface area (Å²) >= 11 is 3.14. The zero-order chi connectivity index (χ0) is 9.68. The molecule has 0 aromatic heterocycles. The summed E-state index contributed by atoms with van der Waals surface area (Å²) in [7, 11) is 0. The molecule has 1 N–H and O–H groups in total. The van der Waals surface area contributed by atoms with Crippen LogP contribution in [0.5, 0.6) is 0 Å². The molecule has 70 valence electrons. The molecule has 13 heavy (non-hydrogen) atoms. The van der Waals surface area contributed by atoms with Gasteiger partial charge < -0.3 is 5.32 Å². The summed E-state index contributed by atoms with van der Waals surface area (Å²) in [6, 6.07) is 5.82. The fraction of sp³-hybridized carbons (Fsp3) is 0.222. The predicted octanol–water partition coefficient (Wildman–Crippen LogP) is 2.55. The first-order chi connectivity index (χ1) is 6.22. The monoisotopic (exact) mass is 245 g/mol. The average molecular weight is 246 g/mol. The number of rotatable bonds is 3. The van der Waals surface area contributed by atoms with Crippen molar-refractivity contribution in [2.45, 2.75) is 6.42 Å². The molecule has 0 heterocycles. The highest BCUT2D eigenvalue weighted by molar-refractivity contribution is 9.09. The van der Waals surface area contributed by atoms with Crippen LogP contribution in [0, 0.1) is 5.82 Å². The summed E-state index contributed by atoms with van der Waals surface area (Å²) in [5.41, 5.74) is 0.492. The summed E-state index contributed by atoms with van der Waals surface area (Å²) in [6.07, 6.45) is 0.385. The number of amides is 1. The Kier molecular flexibility index (Phi) is 3.89. The highest BCUT2D eigenvalue weighted by atomic mass is 79.9. The quantitative estimate of drug-likeness (QED) is 0.816. The van der Waals surface area contributed by atoms with E-state index < -0.39 is 0 Å². The summed E-state index contributed by atoms with van der Waals surface area (Å²) < 4.78 is 12.6. The second kappa shape index (κ2) is 4.97. The van der Waals surface area contributed by atoms with Gasteiger partial charge in [-0.1, -0.05) is 22.0 Å². The van der Waals surface area contributed by atoms with E-state index in [2.05, 4.69) is 21.2 Å². The zero-order valence-electron chi connectivity index (χ0n) is 6.89. The minimum absolute atomic E-state index is 0.123. The number of anilines is 1. The lowest BCUT2D eigenvalue weighted by Gasteiger charge is -2.02. The summed E-state index contributed by atoms with van der Waals surface area (Å²) in [4.78, 5) is 11.1. The molecular formula is C9H9BrFNO. The summed E-state index contributed by atoms with van der Waals surface area (Å²) in [5, 5.41) is 3.18. The molecule has 0 radical (unpaired) electrons. The van der Waals surface area contributed by atoms with Gasteiger partial charge in [0.1, 0.15) is 5.82 Å². The van der Waals surface area contributed by atoms with Crippen LogP contribution in [0.1, 0.15) is 6.42 Å². The van der Waals surface area contributed by atoms with Crippen molar-refractivity contribution in [3.05, 3.63) is 30.1 Å². The predicted molar refractivity (Wildman–Crippen MR) is 53.4 cm³/mol. The largest absolute Gasteiger partial charge is 0.326 e. The third kappa shape index (κ3) is 3.55. The summed E-state index contributed by atoms with van der Waals surface area (Å²) in [5.74, 6) is -0.473. The maximum absolute atomic E-state index is 12.6. The van der Waals surface area contributed by atoms with Crippen LogP contribution in [0.25, 0.3) is 0 Å². The molecule has 0 spiro atoms. The Morgan fingerprint density at radius 3 is 2.92 bits per heavy atom. The molecule has 4 heteroatoms. The minimum atomic E-state index is -0.350. The van der Waals surface area contributed by atoms with Gasteiger partial charge in [-0.2, -0.15) is 0 Å². The second-order valence-corrected chi connectivity index (χ2v) is 3.29. The number of alkyl halides is 1. The van der Waals surface area contributed by atoms with Gasteiger partial charge in [-0.3, -0.25) is 4.79 Å². The van der Waals surface area contributed by atoms with Crippen molar-refractivity contribution in [2.75, 3.05) is 10.6 Å². The van der Waals surface area contributed by atoms with Crippen molar-refractivity contribution < 1.29 is 9.18 Å². The molecule has 0 saturated heterocycles. The highest BCUT2D eigenvalue weighted by Crippen LogP contribution is 2.09. The smallest absolute Gasteiger partial charge is 0.225 e. The van der Waals surface area contributed by atoms with Crippen molar-refractivity contribution in [2.24, 2.45) is 0 Å². The molecule has 1 aromatic rings. The number of hydrogen-bond acceptors (Lipinski definition) is 1. The van der Waals surface area contributed by atoms with Gasteiger partial charge in [0.15, 0.2) is 0 Å². The molecule has 1 aromatic carbocycles. The van der Waals surface area contributed by atoms with Crippen LogP contribution in [0.4, 0.5) is 10.1 Å². The average Bonchev–Trinajstić information content (AvgIpc) is 2.04. The normalized spacial score (nSPS) is 9.69. The number of carbonyl (C=O) groups excluding carboxylic acids is 1. The Hall–Kier alpha value is -0.900. The lowest BCUT2D eigenvalue weighted by Crippen LogP contribution is -2.11. The van der Waals surface area contributed by atoms with Crippen LogP contribution in [-0.2, 0) is 4.79 Å². The molecule has 0 aliphatic carbocycles. The van der Waals surface area contributed by atoms with Crippen molar-refractivity contribution in [3.8, 4) is 0 Å². The Morgan fingerprint density at radius 2 is 2.31 bits per heavy atom. The Morgan fingerprint density at radius 1 is 1.54 bits per heavy atom. The number of nitrogens with one attached hydrogen (secondary N) is 1. The van der Waals surface area contributed by atoms with Crippen LogP contribution >= 0.6 is 15.9 Å². The number of halogens is 2. The molecule has 0 bridgehead atoms. The van der Waals surface area contributed by atoms with E-state index in [0.29, 0.717) is 17.4 Å². The molecule has 2 nitrogen and oxygen atoms in total. The van der Waals surface area contributed by atoms with Crippen molar-refractivity contribution >= 4 is 27.5 Å². The fourth-order valence-electron chi connectivity index (χ4n) is 0.876. The maximum Gasteiger partial charge on any atom is 0.225 e. The van der Waals surface area contributed by atoms with Crippen LogP contribution in [0.2, 0.25) is 0 Å². The zero-order valence-corrected chi connectivity index (χ0v) is 8.47. The topological polar surface area (TPSA) is 29.1 Å².